The summed E-state index contributed by atoms with van der Waals surface area (Å²) in [5.41, 5.74) is -0.0354. The number of rotatable bonds is 2. The van der Waals surface area contributed by atoms with E-state index in [2.05, 4.69) is 26.1 Å². The Hall–Kier alpha value is -0.940. The summed E-state index contributed by atoms with van der Waals surface area (Å²) in [7, 11) is 0. The second kappa shape index (κ2) is 4.28. The van der Waals surface area contributed by atoms with Crippen molar-refractivity contribution in [1.82, 2.24) is 10.6 Å². The maximum absolute atomic E-state index is 12.1. The average molecular weight is 278 g/mol. The zero-order valence-electron chi connectivity index (χ0n) is 11.5. The smallest absolute Gasteiger partial charge is 0.334 e. The number of nitrogens with one attached hydrogen (secondary N) is 2. The Bertz CT molecular complexity index is 376. The number of amides is 2. The molecular weight excluding hydrogens is 257 g/mol. The van der Waals surface area contributed by atoms with Crippen LogP contribution in [0, 0.1) is 16.7 Å². The highest BCUT2D eigenvalue weighted by atomic mass is 19.4. The van der Waals surface area contributed by atoms with Crippen molar-refractivity contribution in [1.29, 1.82) is 0 Å². The molecule has 2 bridgehead atoms. The standard InChI is InChI=1S/C13H21F3N2O/c1-11(2)8-4-5-12(3,6-8)9(11)18-10(19)17-7-13(14,15)16/h8-9H,4-7H2,1-3H3,(H2,17,18,19). The number of fused-ring (bicyclic) bond motifs is 2. The van der Waals surface area contributed by atoms with Gasteiger partial charge in [-0.25, -0.2) is 4.79 Å². The number of carbonyl (C=O) groups is 1. The first-order valence-corrected chi connectivity index (χ1v) is 6.66. The lowest BCUT2D eigenvalue weighted by atomic mass is 9.68. The molecule has 0 aromatic rings. The summed E-state index contributed by atoms with van der Waals surface area (Å²) in [5, 5.41) is 4.65. The van der Waals surface area contributed by atoms with Crippen LogP contribution in [0.3, 0.4) is 0 Å². The Morgan fingerprint density at radius 2 is 1.95 bits per heavy atom. The quantitative estimate of drug-likeness (QED) is 0.801. The molecule has 3 unspecified atom stereocenters. The van der Waals surface area contributed by atoms with Crippen molar-refractivity contribution in [2.45, 2.75) is 52.3 Å². The summed E-state index contributed by atoms with van der Waals surface area (Å²) in [6.07, 6.45) is -1.15. The fourth-order valence-electron chi connectivity index (χ4n) is 4.02. The van der Waals surface area contributed by atoms with E-state index < -0.39 is 18.8 Å². The van der Waals surface area contributed by atoms with E-state index in [1.165, 1.54) is 0 Å². The summed E-state index contributed by atoms with van der Waals surface area (Å²) in [6.45, 7) is 5.02. The third-order valence-electron chi connectivity index (χ3n) is 4.99. The molecule has 3 nitrogen and oxygen atoms in total. The molecule has 6 heteroatoms. The van der Waals surface area contributed by atoms with Crippen molar-refractivity contribution in [2.75, 3.05) is 6.54 Å². The molecule has 2 N–H and O–H groups in total. The lowest BCUT2D eigenvalue weighted by molar-refractivity contribution is -0.122. The van der Waals surface area contributed by atoms with E-state index in [4.69, 9.17) is 0 Å². The zero-order valence-corrected chi connectivity index (χ0v) is 11.5. The van der Waals surface area contributed by atoms with Crippen molar-refractivity contribution in [3.05, 3.63) is 0 Å². The minimum absolute atomic E-state index is 0.0176. The van der Waals surface area contributed by atoms with Gasteiger partial charge in [-0.1, -0.05) is 20.8 Å². The van der Waals surface area contributed by atoms with Gasteiger partial charge in [0.15, 0.2) is 0 Å². The molecule has 2 aliphatic carbocycles. The topological polar surface area (TPSA) is 41.1 Å². The van der Waals surface area contributed by atoms with Gasteiger partial charge in [0.05, 0.1) is 0 Å². The Labute approximate surface area is 111 Å². The van der Waals surface area contributed by atoms with Crippen LogP contribution in [0.1, 0.15) is 40.0 Å². The van der Waals surface area contributed by atoms with Crippen LogP contribution in [-0.2, 0) is 0 Å². The molecule has 0 heterocycles. The molecule has 2 amide bonds. The van der Waals surface area contributed by atoms with E-state index in [0.29, 0.717) is 5.92 Å². The molecule has 0 aliphatic heterocycles. The van der Waals surface area contributed by atoms with E-state index >= 15 is 0 Å². The van der Waals surface area contributed by atoms with Gasteiger partial charge in [-0.2, -0.15) is 13.2 Å². The van der Waals surface area contributed by atoms with Crippen molar-refractivity contribution in [3.8, 4) is 0 Å². The first-order chi connectivity index (χ1) is 8.55. The minimum atomic E-state index is -4.37. The van der Waals surface area contributed by atoms with Gasteiger partial charge in [0.25, 0.3) is 0 Å². The molecule has 0 saturated heterocycles. The number of hydrogen-bond donors (Lipinski definition) is 2. The SMILES string of the molecule is CC12CCC(C1)C(C)(C)C2NC(=O)NCC(F)(F)F. The lowest BCUT2D eigenvalue weighted by Crippen LogP contribution is -2.55. The maximum atomic E-state index is 12.1. The van der Waals surface area contributed by atoms with Crippen molar-refractivity contribution < 1.29 is 18.0 Å². The van der Waals surface area contributed by atoms with Crippen LogP contribution in [0.5, 0.6) is 0 Å². The Morgan fingerprint density at radius 1 is 1.32 bits per heavy atom. The second-order valence-electron chi connectivity index (χ2n) is 6.79. The van der Waals surface area contributed by atoms with Gasteiger partial charge in [-0.3, -0.25) is 0 Å². The van der Waals surface area contributed by atoms with Crippen molar-refractivity contribution >= 4 is 6.03 Å². The van der Waals surface area contributed by atoms with Gasteiger partial charge in [0, 0.05) is 6.04 Å². The highest BCUT2D eigenvalue weighted by Gasteiger charge is 2.59. The van der Waals surface area contributed by atoms with E-state index in [1.54, 1.807) is 0 Å². The fourth-order valence-corrected chi connectivity index (χ4v) is 4.02. The highest BCUT2D eigenvalue weighted by molar-refractivity contribution is 5.74. The van der Waals surface area contributed by atoms with Crippen molar-refractivity contribution in [3.63, 3.8) is 0 Å². The van der Waals surface area contributed by atoms with Crippen LogP contribution in [0.15, 0.2) is 0 Å². The van der Waals surface area contributed by atoms with Crippen LogP contribution >= 0.6 is 0 Å². The fraction of sp³-hybridized carbons (Fsp3) is 0.923. The Balaban J connectivity index is 1.97. The molecule has 2 rings (SSSR count). The molecule has 0 spiro atoms. The number of alkyl halides is 3. The first-order valence-electron chi connectivity index (χ1n) is 6.66. The summed E-state index contributed by atoms with van der Waals surface area (Å²) in [4.78, 5) is 11.6. The van der Waals surface area contributed by atoms with Gasteiger partial charge in [0.2, 0.25) is 0 Å². The summed E-state index contributed by atoms with van der Waals surface area (Å²) in [6, 6.07) is -0.781. The number of urea groups is 1. The molecule has 2 aliphatic rings. The second-order valence-corrected chi connectivity index (χ2v) is 6.79. The van der Waals surface area contributed by atoms with Gasteiger partial charge in [-0.05, 0) is 36.0 Å². The predicted molar refractivity (Wildman–Crippen MR) is 65.6 cm³/mol. The van der Waals surface area contributed by atoms with Gasteiger partial charge in [0.1, 0.15) is 6.54 Å². The van der Waals surface area contributed by atoms with Gasteiger partial charge < -0.3 is 10.6 Å². The lowest BCUT2D eigenvalue weighted by Gasteiger charge is -2.43. The third kappa shape index (κ3) is 2.67. The minimum Gasteiger partial charge on any atom is -0.334 e. The molecule has 0 radical (unpaired) electrons. The Kier molecular flexibility index (Phi) is 3.26. The van der Waals surface area contributed by atoms with Gasteiger partial charge >= 0.3 is 12.2 Å². The van der Waals surface area contributed by atoms with E-state index in [-0.39, 0.29) is 16.9 Å². The molecule has 2 saturated carbocycles. The van der Waals surface area contributed by atoms with Gasteiger partial charge in [-0.15, -0.1) is 0 Å². The van der Waals surface area contributed by atoms with Crippen molar-refractivity contribution in [2.24, 2.45) is 16.7 Å². The third-order valence-corrected chi connectivity index (χ3v) is 4.99. The Morgan fingerprint density at radius 3 is 2.42 bits per heavy atom. The monoisotopic (exact) mass is 278 g/mol. The molecule has 110 valence electrons. The number of carbonyl (C=O) groups excluding carboxylic acids is 1. The molecule has 2 fully saturated rings. The first kappa shape index (κ1) is 14.5. The number of hydrogen-bond acceptors (Lipinski definition) is 1. The maximum Gasteiger partial charge on any atom is 0.405 e. The van der Waals surface area contributed by atoms with Crippen LogP contribution in [0.25, 0.3) is 0 Å². The van der Waals surface area contributed by atoms with Crippen LogP contribution in [0.2, 0.25) is 0 Å². The average Bonchev–Trinajstić information content (AvgIpc) is 2.72. The van der Waals surface area contributed by atoms with E-state index in [0.717, 1.165) is 19.3 Å². The molecule has 19 heavy (non-hydrogen) atoms. The summed E-state index contributed by atoms with van der Waals surface area (Å²) >= 11 is 0. The normalized spacial score (nSPS) is 36.3. The molecule has 3 atom stereocenters. The zero-order chi connectivity index (χ0) is 14.5. The molecule has 0 aromatic heterocycles. The summed E-state index contributed by atoms with van der Waals surface area (Å²) < 4.78 is 36.2. The van der Waals surface area contributed by atoms with Crippen LogP contribution < -0.4 is 10.6 Å². The van der Waals surface area contributed by atoms with Crippen LogP contribution in [0.4, 0.5) is 18.0 Å². The predicted octanol–water partition coefficient (Wildman–Crippen LogP) is 3.06. The molecule has 0 aromatic carbocycles. The summed E-state index contributed by atoms with van der Waals surface area (Å²) in [5.74, 6) is 0.547. The van der Waals surface area contributed by atoms with Crippen LogP contribution in [-0.4, -0.2) is 24.8 Å². The highest BCUT2D eigenvalue weighted by Crippen LogP contribution is 2.62. The molecular formula is C13H21F3N2O. The largest absolute Gasteiger partial charge is 0.405 e. The van der Waals surface area contributed by atoms with E-state index in [9.17, 15) is 18.0 Å². The number of halogens is 3. The van der Waals surface area contributed by atoms with E-state index in [1.807, 2.05) is 5.32 Å².